The summed E-state index contributed by atoms with van der Waals surface area (Å²) in [6.45, 7) is 7.47. The molecule has 0 bridgehead atoms. The van der Waals surface area contributed by atoms with E-state index in [-0.39, 0.29) is 12.0 Å². The molecule has 1 rings (SSSR count). The van der Waals surface area contributed by atoms with Gasteiger partial charge in [-0.05, 0) is 37.3 Å². The van der Waals surface area contributed by atoms with Crippen molar-refractivity contribution in [1.82, 2.24) is 5.32 Å². The molecule has 1 aromatic rings. The predicted octanol–water partition coefficient (Wildman–Crippen LogP) is 3.47. The second-order valence-corrected chi connectivity index (χ2v) is 6.08. The Hall–Kier alpha value is -0.510. The van der Waals surface area contributed by atoms with Crippen LogP contribution in [0, 0.1) is 5.41 Å². The van der Waals surface area contributed by atoms with E-state index in [0.29, 0.717) is 6.04 Å². The Labute approximate surface area is 115 Å². The lowest BCUT2D eigenvalue weighted by Crippen LogP contribution is -2.35. The van der Waals surface area contributed by atoms with Gasteiger partial charge in [-0.25, -0.2) is 0 Å². The minimum Gasteiger partial charge on any atom is -0.396 e. The number of hydrogen-bond acceptors (Lipinski definition) is 3. The van der Waals surface area contributed by atoms with Gasteiger partial charge in [0.25, 0.3) is 0 Å². The Bertz CT molecular complexity index is 346. The second kappa shape index (κ2) is 7.17. The third-order valence-electron chi connectivity index (χ3n) is 3.69. The lowest BCUT2D eigenvalue weighted by molar-refractivity contribution is 0.132. The van der Waals surface area contributed by atoms with Crippen LogP contribution in [0.25, 0.3) is 0 Å². The molecule has 0 aromatic heterocycles. The summed E-state index contributed by atoms with van der Waals surface area (Å²) in [4.78, 5) is 1.29. The topological polar surface area (TPSA) is 32.3 Å². The van der Waals surface area contributed by atoms with Crippen LogP contribution in [0.3, 0.4) is 0 Å². The van der Waals surface area contributed by atoms with E-state index in [1.54, 1.807) is 11.8 Å². The second-order valence-electron chi connectivity index (χ2n) is 5.20. The zero-order chi connectivity index (χ0) is 13.6. The van der Waals surface area contributed by atoms with Crippen LogP contribution in [0.4, 0.5) is 0 Å². The van der Waals surface area contributed by atoms with Gasteiger partial charge in [-0.3, -0.25) is 0 Å². The standard InChI is InChI=1S/C15H25NOS/c1-5-15(3,11-17)10-16-12(2)13-6-8-14(18-4)9-7-13/h6-9,12,16-17H,5,10-11H2,1-4H3. The van der Waals surface area contributed by atoms with Gasteiger partial charge in [0.1, 0.15) is 0 Å². The van der Waals surface area contributed by atoms with Crippen LogP contribution in [0.1, 0.15) is 38.8 Å². The Morgan fingerprint density at radius 3 is 2.39 bits per heavy atom. The van der Waals surface area contributed by atoms with Gasteiger partial charge in [0.15, 0.2) is 0 Å². The van der Waals surface area contributed by atoms with Crippen molar-refractivity contribution in [3.63, 3.8) is 0 Å². The third kappa shape index (κ3) is 4.30. The zero-order valence-electron chi connectivity index (χ0n) is 11.9. The number of nitrogens with one attached hydrogen (secondary N) is 1. The van der Waals surface area contributed by atoms with Crippen LogP contribution in [0.2, 0.25) is 0 Å². The number of aliphatic hydroxyl groups is 1. The Kier molecular flexibility index (Phi) is 6.19. The number of aliphatic hydroxyl groups excluding tert-OH is 1. The van der Waals surface area contributed by atoms with Gasteiger partial charge in [-0.1, -0.05) is 26.0 Å². The van der Waals surface area contributed by atoms with Crippen molar-refractivity contribution in [3.8, 4) is 0 Å². The Morgan fingerprint density at radius 2 is 1.94 bits per heavy atom. The normalized spacial score (nSPS) is 16.3. The number of hydrogen-bond donors (Lipinski definition) is 2. The summed E-state index contributed by atoms with van der Waals surface area (Å²) in [7, 11) is 0. The van der Waals surface area contributed by atoms with Gasteiger partial charge in [0.05, 0.1) is 0 Å². The Morgan fingerprint density at radius 1 is 1.33 bits per heavy atom. The van der Waals surface area contributed by atoms with E-state index in [9.17, 15) is 5.11 Å². The molecule has 0 saturated heterocycles. The third-order valence-corrected chi connectivity index (χ3v) is 4.43. The monoisotopic (exact) mass is 267 g/mol. The summed E-state index contributed by atoms with van der Waals surface area (Å²) in [5.41, 5.74) is 1.28. The van der Waals surface area contributed by atoms with Gasteiger partial charge < -0.3 is 10.4 Å². The van der Waals surface area contributed by atoms with Crippen molar-refractivity contribution < 1.29 is 5.11 Å². The molecule has 2 atom stereocenters. The molecule has 0 aliphatic carbocycles. The van der Waals surface area contributed by atoms with Crippen molar-refractivity contribution >= 4 is 11.8 Å². The summed E-state index contributed by atoms with van der Waals surface area (Å²) in [5, 5.41) is 12.9. The van der Waals surface area contributed by atoms with Crippen molar-refractivity contribution in [2.24, 2.45) is 5.41 Å². The molecule has 3 heteroatoms. The molecule has 0 radical (unpaired) electrons. The molecule has 2 N–H and O–H groups in total. The summed E-state index contributed by atoms with van der Waals surface area (Å²) in [5.74, 6) is 0. The fourth-order valence-electron chi connectivity index (χ4n) is 1.70. The van der Waals surface area contributed by atoms with E-state index >= 15 is 0 Å². The maximum atomic E-state index is 9.39. The van der Waals surface area contributed by atoms with Crippen LogP contribution in [0.15, 0.2) is 29.2 Å². The quantitative estimate of drug-likeness (QED) is 0.742. The number of thioether (sulfide) groups is 1. The smallest absolute Gasteiger partial charge is 0.0496 e. The van der Waals surface area contributed by atoms with Crippen molar-refractivity contribution in [2.75, 3.05) is 19.4 Å². The summed E-state index contributed by atoms with van der Waals surface area (Å²) in [6, 6.07) is 8.97. The van der Waals surface area contributed by atoms with Crippen molar-refractivity contribution in [3.05, 3.63) is 29.8 Å². The molecule has 2 nitrogen and oxygen atoms in total. The highest BCUT2D eigenvalue weighted by atomic mass is 32.2. The minimum atomic E-state index is -0.0204. The molecule has 0 saturated carbocycles. The SMILES string of the molecule is CCC(C)(CO)CNC(C)c1ccc(SC)cc1. The van der Waals surface area contributed by atoms with Gasteiger partial charge in [-0.2, -0.15) is 0 Å². The molecule has 0 heterocycles. The maximum Gasteiger partial charge on any atom is 0.0496 e. The summed E-state index contributed by atoms with van der Waals surface area (Å²) < 4.78 is 0. The fraction of sp³-hybridized carbons (Fsp3) is 0.600. The molecule has 102 valence electrons. The molecular weight excluding hydrogens is 242 g/mol. The molecule has 0 spiro atoms. The minimum absolute atomic E-state index is 0.0204. The molecule has 18 heavy (non-hydrogen) atoms. The first kappa shape index (κ1) is 15.5. The highest BCUT2D eigenvalue weighted by Crippen LogP contribution is 2.22. The van der Waals surface area contributed by atoms with Crippen LogP contribution in [0.5, 0.6) is 0 Å². The van der Waals surface area contributed by atoms with E-state index in [1.807, 2.05) is 0 Å². The molecule has 0 aliphatic heterocycles. The van der Waals surface area contributed by atoms with Crippen LogP contribution < -0.4 is 5.32 Å². The number of benzene rings is 1. The van der Waals surface area contributed by atoms with Crippen LogP contribution in [-0.2, 0) is 0 Å². The van der Waals surface area contributed by atoms with Crippen LogP contribution in [-0.4, -0.2) is 24.5 Å². The van der Waals surface area contributed by atoms with Crippen molar-refractivity contribution in [2.45, 2.75) is 38.1 Å². The first-order valence-corrected chi connectivity index (χ1v) is 7.75. The summed E-state index contributed by atoms with van der Waals surface area (Å²) in [6.07, 6.45) is 3.07. The highest BCUT2D eigenvalue weighted by molar-refractivity contribution is 7.98. The maximum absolute atomic E-state index is 9.39. The van der Waals surface area contributed by atoms with Crippen LogP contribution >= 0.6 is 11.8 Å². The molecule has 2 unspecified atom stereocenters. The molecule has 0 aliphatic rings. The van der Waals surface area contributed by atoms with Gasteiger partial charge in [-0.15, -0.1) is 11.8 Å². The molecule has 0 amide bonds. The zero-order valence-corrected chi connectivity index (χ0v) is 12.7. The van der Waals surface area contributed by atoms with E-state index < -0.39 is 0 Å². The van der Waals surface area contributed by atoms with E-state index in [0.717, 1.165) is 13.0 Å². The average molecular weight is 267 g/mol. The summed E-state index contributed by atoms with van der Waals surface area (Å²) >= 11 is 1.76. The van der Waals surface area contributed by atoms with Gasteiger partial charge in [0, 0.05) is 29.5 Å². The van der Waals surface area contributed by atoms with E-state index in [1.165, 1.54) is 10.5 Å². The van der Waals surface area contributed by atoms with Crippen molar-refractivity contribution in [1.29, 1.82) is 0 Å². The lowest BCUT2D eigenvalue weighted by Gasteiger charge is -2.28. The first-order chi connectivity index (χ1) is 8.54. The largest absolute Gasteiger partial charge is 0.396 e. The average Bonchev–Trinajstić information content (AvgIpc) is 2.44. The fourth-order valence-corrected chi connectivity index (χ4v) is 2.11. The molecule has 0 fully saturated rings. The highest BCUT2D eigenvalue weighted by Gasteiger charge is 2.21. The first-order valence-electron chi connectivity index (χ1n) is 6.53. The lowest BCUT2D eigenvalue weighted by atomic mass is 9.88. The Balaban J connectivity index is 2.56. The predicted molar refractivity (Wildman–Crippen MR) is 80.1 cm³/mol. The van der Waals surface area contributed by atoms with E-state index in [2.05, 4.69) is 56.6 Å². The van der Waals surface area contributed by atoms with Gasteiger partial charge >= 0.3 is 0 Å². The number of rotatable bonds is 7. The van der Waals surface area contributed by atoms with Gasteiger partial charge in [0.2, 0.25) is 0 Å². The molecule has 1 aromatic carbocycles. The molecular formula is C15H25NOS. The van der Waals surface area contributed by atoms with E-state index in [4.69, 9.17) is 0 Å².